The Bertz CT molecular complexity index is 5570. The summed E-state index contributed by atoms with van der Waals surface area (Å²) in [6, 6.07) is -24.2. The predicted molar refractivity (Wildman–Crippen MR) is 311 cm³/mol. The van der Waals surface area contributed by atoms with Crippen LogP contribution in [0, 0.1) is 0 Å². The Labute approximate surface area is 465 Å². The van der Waals surface area contributed by atoms with Crippen LogP contribution < -0.4 is 9.80 Å². The summed E-state index contributed by atoms with van der Waals surface area (Å²) in [5.41, 5.74) is -8.91. The van der Waals surface area contributed by atoms with Gasteiger partial charge in [0.2, 0.25) is 0 Å². The molecule has 0 aliphatic rings. The predicted octanol–water partition coefficient (Wildman–Crippen LogP) is 19.8. The number of para-hydroxylation sites is 4. The summed E-state index contributed by atoms with van der Waals surface area (Å²) >= 11 is 0. The average Bonchev–Trinajstić information content (AvgIpc) is 1.48. The zero-order valence-electron chi connectivity index (χ0n) is 70.9. The summed E-state index contributed by atoms with van der Waals surface area (Å²) in [6.07, 6.45) is 0. The van der Waals surface area contributed by atoms with E-state index in [0.29, 0.717) is 0 Å². The van der Waals surface area contributed by atoms with E-state index in [-0.39, 0.29) is 98.4 Å². The van der Waals surface area contributed by atoms with Gasteiger partial charge >= 0.3 is 0 Å². The molecule has 0 saturated heterocycles. The molecular formula is C68H62N4. The highest BCUT2D eigenvalue weighted by Gasteiger charge is 2.31. The van der Waals surface area contributed by atoms with Crippen molar-refractivity contribution in [3.63, 3.8) is 0 Å². The van der Waals surface area contributed by atoms with Crippen molar-refractivity contribution < 1.29 is 41.1 Å². The van der Waals surface area contributed by atoms with Crippen LogP contribution in [-0.4, -0.2) is 8.80 Å². The molecule has 4 heteroatoms. The number of benzene rings is 9. The molecule has 0 unspecified atom stereocenters. The molecule has 0 aliphatic carbocycles. The van der Waals surface area contributed by atoms with Gasteiger partial charge < -0.3 is 18.6 Å². The van der Waals surface area contributed by atoms with E-state index in [4.69, 9.17) is 8.22 Å². The van der Waals surface area contributed by atoms with E-state index in [1.165, 1.54) is 8.80 Å². The standard InChI is InChI=1S/C68H62N4/c1-41(2)43-27-31-47(32-28-43)69(45-19-13-11-14-20-45)57-37-35-49-53-39-60-54(40-59(53)71-63-51(61(57)65(49)71)23-17-25-55(63)67(5,6)7)50-36-38-58(62-52-24-18-26-56(68(8,9)10)64(52)72(60)66(50)62)70(46-21-15-12-16-22-46)48-33-29-44(30-34-48)42(3)4/h11-42H,1-10H3/i11D,12D,13D,14D,15D,16D,17D,18D,19D,20D,21D,22D,23D,24D,25D,26D,27D,28D,29D,30D,31D,32D,33D,34D,35D,36D,37D,38D,39D,40D. The molecule has 0 bridgehead atoms. The maximum absolute atomic E-state index is 11.0. The molecule has 0 aliphatic heterocycles. The van der Waals surface area contributed by atoms with Crippen LogP contribution in [0.5, 0.6) is 0 Å². The van der Waals surface area contributed by atoms with E-state index in [9.17, 15) is 32.9 Å². The number of fused-ring (bicyclic) bond motifs is 12. The molecule has 72 heavy (non-hydrogen) atoms. The van der Waals surface area contributed by atoms with Crippen LogP contribution in [0.25, 0.3) is 76.2 Å². The van der Waals surface area contributed by atoms with Crippen LogP contribution in [-0.2, 0) is 10.8 Å². The first-order valence-electron chi connectivity index (χ1n) is 38.6. The first-order valence-corrected chi connectivity index (χ1v) is 23.6. The highest BCUT2D eigenvalue weighted by molar-refractivity contribution is 6.32. The molecule has 0 spiro atoms. The Kier molecular flexibility index (Phi) is 5.00. The minimum atomic E-state index is -1.26. The van der Waals surface area contributed by atoms with Gasteiger partial charge in [0.1, 0.15) is 0 Å². The summed E-state index contributed by atoms with van der Waals surface area (Å²) in [6.45, 7) is 16.5. The summed E-state index contributed by atoms with van der Waals surface area (Å²) < 4.78 is 293. The van der Waals surface area contributed by atoms with Gasteiger partial charge in [-0.15, -0.1) is 0 Å². The molecule has 4 aromatic heterocycles. The molecule has 0 N–H and O–H groups in total. The molecule has 13 rings (SSSR count). The van der Waals surface area contributed by atoms with Crippen molar-refractivity contribution in [2.75, 3.05) is 9.80 Å². The van der Waals surface area contributed by atoms with Crippen molar-refractivity contribution in [2.24, 2.45) is 0 Å². The zero-order valence-corrected chi connectivity index (χ0v) is 40.9. The first kappa shape index (κ1) is 22.7. The second kappa shape index (κ2) is 15.8. The molecule has 0 radical (unpaired) electrons. The summed E-state index contributed by atoms with van der Waals surface area (Å²) in [5.74, 6) is -1.31. The van der Waals surface area contributed by atoms with Gasteiger partial charge in [0, 0.05) is 65.8 Å². The van der Waals surface area contributed by atoms with Crippen LogP contribution in [0.2, 0.25) is 0 Å². The molecule has 9 aromatic carbocycles. The second-order valence-electron chi connectivity index (χ2n) is 20.7. The van der Waals surface area contributed by atoms with Crippen LogP contribution in [0.15, 0.2) is 181 Å². The van der Waals surface area contributed by atoms with Gasteiger partial charge in [0.25, 0.3) is 0 Å². The molecule has 0 atom stereocenters. The normalized spacial score (nSPS) is 18.7. The Morgan fingerprint density at radius 3 is 1.07 bits per heavy atom. The molecule has 13 aromatic rings. The largest absolute Gasteiger partial charge is 0.310 e. The zero-order chi connectivity index (χ0) is 75.6. The van der Waals surface area contributed by atoms with E-state index in [1.54, 1.807) is 69.2 Å². The minimum Gasteiger partial charge on any atom is -0.310 e. The molecule has 0 fully saturated rings. The number of anilines is 6. The number of aromatic nitrogens is 2. The lowest BCUT2D eigenvalue weighted by Crippen LogP contribution is -2.12. The Morgan fingerprint density at radius 2 is 0.722 bits per heavy atom. The quantitative estimate of drug-likeness (QED) is 0.151. The molecular weight excluding hydrogens is 873 g/mol. The van der Waals surface area contributed by atoms with Crippen LogP contribution in [0.1, 0.15) is 144 Å². The lowest BCUT2D eigenvalue weighted by molar-refractivity contribution is 0.594. The smallest absolute Gasteiger partial charge is 0.0653 e. The molecule has 4 heterocycles. The van der Waals surface area contributed by atoms with Gasteiger partial charge in [-0.1, -0.05) is 178 Å². The fourth-order valence-corrected chi connectivity index (χ4v) is 9.93. The maximum Gasteiger partial charge on any atom is 0.0653 e. The minimum absolute atomic E-state index is 0.0159. The Hall–Kier alpha value is -7.82. The van der Waals surface area contributed by atoms with Gasteiger partial charge in [0.05, 0.1) is 85.6 Å². The van der Waals surface area contributed by atoms with E-state index in [1.807, 2.05) is 0 Å². The van der Waals surface area contributed by atoms with Gasteiger partial charge in [-0.2, -0.15) is 0 Å². The third kappa shape index (κ3) is 6.43. The van der Waals surface area contributed by atoms with Crippen molar-refractivity contribution in [3.05, 3.63) is 204 Å². The fraction of sp³-hybridized carbons (Fsp3) is 0.206. The van der Waals surface area contributed by atoms with Gasteiger partial charge in [0.15, 0.2) is 0 Å². The van der Waals surface area contributed by atoms with Crippen molar-refractivity contribution in [1.82, 2.24) is 8.80 Å². The monoisotopic (exact) mass is 965 g/mol. The van der Waals surface area contributed by atoms with E-state index < -0.39 is 238 Å². The second-order valence-corrected chi connectivity index (χ2v) is 20.7. The van der Waals surface area contributed by atoms with Crippen LogP contribution >= 0.6 is 0 Å². The van der Waals surface area contributed by atoms with Crippen molar-refractivity contribution in [3.8, 4) is 0 Å². The van der Waals surface area contributed by atoms with Crippen LogP contribution in [0.4, 0.5) is 34.1 Å². The van der Waals surface area contributed by atoms with Crippen molar-refractivity contribution in [1.29, 1.82) is 0 Å². The fourth-order valence-electron chi connectivity index (χ4n) is 9.93. The summed E-state index contributed by atoms with van der Waals surface area (Å²) in [5, 5.41) is -2.85. The number of rotatable bonds is 8. The lowest BCUT2D eigenvalue weighted by atomic mass is 9.85. The molecule has 0 amide bonds. The SMILES string of the molecule is [2H]c1c([2H])c([2H])c(N(c2c([2H])c([2H])c(C(C)C)c([2H])c2[2H])c2c([2H])c([2H])c3c4c([2H])c5c(c([2H])c4n4c6c(C(C)(C)C)c([2H])c([2H])c([2H])c6c2c34)c2c([2H])c([2H])c(N(c3c([2H])c([2H])c([2H])c([2H])c3[2H])c3c([2H])c([2H])c(C(C)C)c([2H])c3[2H])c3c4c([2H])c([2H])c([2H])c(C(C)(C)C)c4n5c23)c([2H])c1[2H]. The number of hydrogen-bond acceptors (Lipinski definition) is 2. The van der Waals surface area contributed by atoms with E-state index >= 15 is 0 Å². The van der Waals surface area contributed by atoms with Gasteiger partial charge in [-0.05, 0) is 117 Å². The highest BCUT2D eigenvalue weighted by Crippen LogP contribution is 2.53. The highest BCUT2D eigenvalue weighted by atomic mass is 15.2. The van der Waals surface area contributed by atoms with Crippen LogP contribution in [0.3, 0.4) is 0 Å². The first-order chi connectivity index (χ1) is 47.2. The molecule has 354 valence electrons. The number of hydrogen-bond donors (Lipinski definition) is 0. The Morgan fingerprint density at radius 1 is 0.361 bits per heavy atom. The topological polar surface area (TPSA) is 15.3 Å². The van der Waals surface area contributed by atoms with Gasteiger partial charge in [-0.3, -0.25) is 0 Å². The van der Waals surface area contributed by atoms with E-state index in [0.717, 1.165) is 9.80 Å². The number of nitrogens with zero attached hydrogens (tertiary/aromatic N) is 4. The molecule has 0 saturated carbocycles. The lowest BCUT2D eigenvalue weighted by Gasteiger charge is -2.27. The Balaban J connectivity index is 1.37. The van der Waals surface area contributed by atoms with Crippen molar-refractivity contribution in [2.45, 2.75) is 91.9 Å². The summed E-state index contributed by atoms with van der Waals surface area (Å²) in [7, 11) is 0. The van der Waals surface area contributed by atoms with E-state index in [2.05, 4.69) is 0 Å². The average molecular weight is 965 g/mol. The van der Waals surface area contributed by atoms with Crippen molar-refractivity contribution >= 4 is 110 Å². The summed E-state index contributed by atoms with van der Waals surface area (Å²) in [4.78, 5) is 1.49. The molecule has 4 nitrogen and oxygen atoms in total. The van der Waals surface area contributed by atoms with Gasteiger partial charge in [-0.25, -0.2) is 0 Å². The third-order valence-electron chi connectivity index (χ3n) is 13.3. The third-order valence-corrected chi connectivity index (χ3v) is 13.3. The maximum atomic E-state index is 11.0.